The van der Waals surface area contributed by atoms with Crippen molar-refractivity contribution in [2.75, 3.05) is 52.5 Å². The highest BCUT2D eigenvalue weighted by Crippen LogP contribution is 2.12. The van der Waals surface area contributed by atoms with Gasteiger partial charge >= 0.3 is 0 Å². The van der Waals surface area contributed by atoms with Crippen LogP contribution in [-0.4, -0.2) is 84.6 Å². The van der Waals surface area contributed by atoms with Gasteiger partial charge in [-0.15, -0.1) is 0 Å². The van der Waals surface area contributed by atoms with Gasteiger partial charge < -0.3 is 14.6 Å². The summed E-state index contributed by atoms with van der Waals surface area (Å²) in [6.07, 6.45) is 3.85. The number of nitrogens with zero attached hydrogens (tertiary/aromatic N) is 3. The van der Waals surface area contributed by atoms with E-state index in [9.17, 15) is 5.11 Å². The molecular formula is C18H29N3O3. The first-order chi connectivity index (χ1) is 11.8. The van der Waals surface area contributed by atoms with E-state index in [0.717, 1.165) is 57.9 Å². The lowest BCUT2D eigenvalue weighted by Gasteiger charge is -2.35. The molecule has 0 aliphatic carbocycles. The van der Waals surface area contributed by atoms with Crippen molar-refractivity contribution >= 4 is 0 Å². The number of ether oxygens (including phenoxy) is 2. The fourth-order valence-corrected chi connectivity index (χ4v) is 3.31. The second-order valence-electron chi connectivity index (χ2n) is 6.72. The van der Waals surface area contributed by atoms with E-state index in [-0.39, 0.29) is 6.10 Å². The molecule has 2 aliphatic rings. The minimum atomic E-state index is -0.422. The monoisotopic (exact) mass is 335 g/mol. The number of aliphatic hydroxyl groups excluding tert-OH is 1. The van der Waals surface area contributed by atoms with Gasteiger partial charge in [0.15, 0.2) is 0 Å². The first-order valence-electron chi connectivity index (χ1n) is 9.01. The Morgan fingerprint density at radius 2 is 2.08 bits per heavy atom. The smallest absolute Gasteiger partial charge is 0.0900 e. The first-order valence-corrected chi connectivity index (χ1v) is 9.01. The van der Waals surface area contributed by atoms with Crippen LogP contribution >= 0.6 is 0 Å². The quantitative estimate of drug-likeness (QED) is 0.757. The molecule has 2 atom stereocenters. The molecular weight excluding hydrogens is 306 g/mol. The molecule has 2 saturated heterocycles. The van der Waals surface area contributed by atoms with Crippen LogP contribution in [-0.2, 0) is 16.0 Å². The van der Waals surface area contributed by atoms with Crippen LogP contribution < -0.4 is 0 Å². The van der Waals surface area contributed by atoms with Crippen LogP contribution in [0.5, 0.6) is 0 Å². The summed E-state index contributed by atoms with van der Waals surface area (Å²) in [5.74, 6) is 0. The molecule has 2 fully saturated rings. The summed E-state index contributed by atoms with van der Waals surface area (Å²) in [7, 11) is 0. The van der Waals surface area contributed by atoms with Gasteiger partial charge in [-0.3, -0.25) is 14.8 Å². The summed E-state index contributed by atoms with van der Waals surface area (Å²) in [6, 6.07) is 6.05. The maximum atomic E-state index is 10.1. The summed E-state index contributed by atoms with van der Waals surface area (Å²) in [6.45, 7) is 7.43. The van der Waals surface area contributed by atoms with Gasteiger partial charge in [-0.25, -0.2) is 0 Å². The van der Waals surface area contributed by atoms with E-state index in [2.05, 4.69) is 20.9 Å². The largest absolute Gasteiger partial charge is 0.389 e. The molecule has 134 valence electrons. The molecule has 0 saturated carbocycles. The lowest BCUT2D eigenvalue weighted by molar-refractivity contribution is -0.0288. The van der Waals surface area contributed by atoms with Gasteiger partial charge in [-0.2, -0.15) is 0 Å². The molecule has 6 heteroatoms. The fraction of sp³-hybridized carbons (Fsp3) is 0.722. The van der Waals surface area contributed by atoms with Gasteiger partial charge in [0.2, 0.25) is 0 Å². The maximum Gasteiger partial charge on any atom is 0.0900 e. The van der Waals surface area contributed by atoms with Crippen molar-refractivity contribution in [1.82, 2.24) is 14.8 Å². The SMILES string of the molecule is OC(COCC1CCCO1)CN1CCN(Cc2ccccn2)CC1. The molecule has 0 bridgehead atoms. The average Bonchev–Trinajstić information content (AvgIpc) is 3.11. The second kappa shape index (κ2) is 9.44. The Hall–Kier alpha value is -1.05. The molecule has 3 rings (SSSR count). The van der Waals surface area contributed by atoms with Gasteiger partial charge in [0.25, 0.3) is 0 Å². The van der Waals surface area contributed by atoms with Gasteiger partial charge in [0.1, 0.15) is 0 Å². The molecule has 0 spiro atoms. The van der Waals surface area contributed by atoms with Crippen molar-refractivity contribution in [3.63, 3.8) is 0 Å². The van der Waals surface area contributed by atoms with Crippen LogP contribution in [0.4, 0.5) is 0 Å². The summed E-state index contributed by atoms with van der Waals surface area (Å²) in [4.78, 5) is 9.11. The number of hydrogen-bond acceptors (Lipinski definition) is 6. The average molecular weight is 335 g/mol. The van der Waals surface area contributed by atoms with Crippen LogP contribution in [0, 0.1) is 0 Å². The molecule has 1 aromatic heterocycles. The van der Waals surface area contributed by atoms with Gasteiger partial charge in [-0.1, -0.05) is 6.07 Å². The van der Waals surface area contributed by atoms with Crippen LogP contribution in [0.2, 0.25) is 0 Å². The first kappa shape index (κ1) is 17.8. The number of rotatable bonds is 8. The van der Waals surface area contributed by atoms with Crippen LogP contribution in [0.25, 0.3) is 0 Å². The van der Waals surface area contributed by atoms with Crippen LogP contribution in [0.3, 0.4) is 0 Å². The third kappa shape index (κ3) is 5.79. The number of β-amino-alcohol motifs (C(OH)–C–C–N with tert-alkyl or cyclic N) is 1. The maximum absolute atomic E-state index is 10.1. The normalized spacial score (nSPS) is 24.3. The summed E-state index contributed by atoms with van der Waals surface area (Å²) < 4.78 is 11.1. The number of pyridine rings is 1. The van der Waals surface area contributed by atoms with Crippen molar-refractivity contribution in [3.05, 3.63) is 30.1 Å². The molecule has 1 N–H and O–H groups in total. The van der Waals surface area contributed by atoms with Gasteiger partial charge in [-0.05, 0) is 25.0 Å². The molecule has 2 aliphatic heterocycles. The number of aromatic nitrogens is 1. The van der Waals surface area contributed by atoms with E-state index in [1.807, 2.05) is 18.3 Å². The van der Waals surface area contributed by atoms with E-state index >= 15 is 0 Å². The highest BCUT2D eigenvalue weighted by atomic mass is 16.5. The molecule has 0 amide bonds. The van der Waals surface area contributed by atoms with E-state index in [1.54, 1.807) is 0 Å². The lowest BCUT2D eigenvalue weighted by Crippen LogP contribution is -2.48. The molecule has 0 radical (unpaired) electrons. The Balaban J connectivity index is 1.28. The number of aliphatic hydroxyl groups is 1. The Morgan fingerprint density at radius 3 is 2.79 bits per heavy atom. The van der Waals surface area contributed by atoms with Crippen molar-refractivity contribution in [3.8, 4) is 0 Å². The minimum Gasteiger partial charge on any atom is -0.389 e. The van der Waals surface area contributed by atoms with Crippen molar-refractivity contribution in [2.45, 2.75) is 31.6 Å². The third-order valence-electron chi connectivity index (χ3n) is 4.68. The summed E-state index contributed by atoms with van der Waals surface area (Å²) in [5, 5.41) is 10.1. The van der Waals surface area contributed by atoms with E-state index < -0.39 is 6.10 Å². The zero-order valence-corrected chi connectivity index (χ0v) is 14.3. The minimum absolute atomic E-state index is 0.229. The lowest BCUT2D eigenvalue weighted by atomic mass is 10.2. The van der Waals surface area contributed by atoms with Crippen molar-refractivity contribution < 1.29 is 14.6 Å². The van der Waals surface area contributed by atoms with Crippen molar-refractivity contribution in [1.29, 1.82) is 0 Å². The molecule has 1 aromatic rings. The summed E-state index contributed by atoms with van der Waals surface area (Å²) >= 11 is 0. The topological polar surface area (TPSA) is 58.1 Å². The Bertz CT molecular complexity index is 460. The Labute approximate surface area is 144 Å². The molecule has 2 unspecified atom stereocenters. The second-order valence-corrected chi connectivity index (χ2v) is 6.72. The Kier molecular flexibility index (Phi) is 6.98. The predicted octanol–water partition coefficient (Wildman–Crippen LogP) is 0.756. The van der Waals surface area contributed by atoms with Crippen molar-refractivity contribution in [2.24, 2.45) is 0 Å². The van der Waals surface area contributed by atoms with E-state index in [1.165, 1.54) is 0 Å². The third-order valence-corrected chi connectivity index (χ3v) is 4.68. The zero-order valence-electron chi connectivity index (χ0n) is 14.3. The molecule has 0 aromatic carbocycles. The zero-order chi connectivity index (χ0) is 16.6. The van der Waals surface area contributed by atoms with Gasteiger partial charge in [0, 0.05) is 52.1 Å². The van der Waals surface area contributed by atoms with Gasteiger partial charge in [0.05, 0.1) is 31.1 Å². The standard InChI is InChI=1S/C18H29N3O3/c22-17(14-23-15-18-5-3-11-24-18)13-21-9-7-20(8-10-21)12-16-4-1-2-6-19-16/h1-2,4,6,17-18,22H,3,5,7-15H2. The number of hydrogen-bond donors (Lipinski definition) is 1. The Morgan fingerprint density at radius 1 is 1.25 bits per heavy atom. The fourth-order valence-electron chi connectivity index (χ4n) is 3.31. The molecule has 3 heterocycles. The molecule has 6 nitrogen and oxygen atoms in total. The summed E-state index contributed by atoms with van der Waals surface area (Å²) in [5.41, 5.74) is 1.12. The predicted molar refractivity (Wildman–Crippen MR) is 91.8 cm³/mol. The number of piperazine rings is 1. The highest BCUT2D eigenvalue weighted by molar-refractivity contribution is 5.03. The van der Waals surface area contributed by atoms with Crippen LogP contribution in [0.1, 0.15) is 18.5 Å². The highest BCUT2D eigenvalue weighted by Gasteiger charge is 2.20. The van der Waals surface area contributed by atoms with E-state index in [0.29, 0.717) is 19.8 Å². The molecule has 24 heavy (non-hydrogen) atoms. The van der Waals surface area contributed by atoms with Crippen LogP contribution in [0.15, 0.2) is 24.4 Å². The van der Waals surface area contributed by atoms with E-state index in [4.69, 9.17) is 9.47 Å².